The number of hydrogen-bond donors (Lipinski definition) is 2. The maximum atomic E-state index is 15.3. The van der Waals surface area contributed by atoms with Crippen molar-refractivity contribution in [2.24, 2.45) is 0 Å². The summed E-state index contributed by atoms with van der Waals surface area (Å²) in [6.07, 6.45) is -2.86. The molecule has 226 valence electrons. The van der Waals surface area contributed by atoms with E-state index in [9.17, 15) is 19.8 Å². The average Bonchev–Trinajstić information content (AvgIpc) is 3.26. The Morgan fingerprint density at radius 2 is 1.83 bits per heavy atom. The van der Waals surface area contributed by atoms with E-state index >= 15 is 8.78 Å². The average molecular weight is 605 g/mol. The number of carboxylic acids is 1. The third kappa shape index (κ3) is 7.30. The highest BCUT2D eigenvalue weighted by molar-refractivity contribution is 6.30. The molecule has 5 rings (SSSR count). The van der Waals surface area contributed by atoms with Crippen LogP contribution >= 0.6 is 11.6 Å². The fourth-order valence-corrected chi connectivity index (χ4v) is 4.97. The topological polar surface area (TPSA) is 109 Å². The van der Waals surface area contributed by atoms with Crippen LogP contribution in [0.5, 0.6) is 0 Å². The number of aryl methyl sites for hydroxylation is 1. The van der Waals surface area contributed by atoms with Gasteiger partial charge in [0.25, 0.3) is 5.91 Å². The van der Waals surface area contributed by atoms with E-state index in [-0.39, 0.29) is 60.5 Å². The van der Waals surface area contributed by atoms with E-state index < -0.39 is 35.7 Å². The number of hydrogen-bond acceptors (Lipinski definition) is 6. The van der Waals surface area contributed by atoms with Gasteiger partial charge in [-0.2, -0.15) is 0 Å². The molecule has 2 aromatic carbocycles. The summed E-state index contributed by atoms with van der Waals surface area (Å²) in [6, 6.07) is 14.9. The van der Waals surface area contributed by atoms with Crippen LogP contribution in [-0.4, -0.2) is 58.0 Å². The number of nitrogens with zero attached hydrogens (tertiary/aromatic N) is 2. The molecule has 8 nitrogen and oxygen atoms in total. The smallest absolute Gasteiger partial charge is 0.354 e. The van der Waals surface area contributed by atoms with Crippen molar-refractivity contribution in [3.8, 4) is 0 Å². The number of ether oxygens (including phenoxy) is 2. The summed E-state index contributed by atoms with van der Waals surface area (Å²) >= 11 is 5.54. The van der Waals surface area contributed by atoms with Gasteiger partial charge in [0.2, 0.25) is 0 Å². The predicted molar refractivity (Wildman–Crippen MR) is 154 cm³/mol. The number of aliphatic hydroxyl groups excluding tert-OH is 1. The molecule has 1 saturated heterocycles. The summed E-state index contributed by atoms with van der Waals surface area (Å²) in [7, 11) is 1.30. The predicted octanol–water partition coefficient (Wildman–Crippen LogP) is 6.45. The molecule has 0 aliphatic carbocycles. The molecular weight excluding hydrogens is 570 g/mol. The number of carboxylic acid groups (broad SMARTS) is 1. The number of carbonyl (C=O) groups is 2. The first-order valence-corrected chi connectivity index (χ1v) is 14.0. The zero-order valence-electron chi connectivity index (χ0n) is 23.9. The minimum Gasteiger partial charge on any atom is -0.477 e. The van der Waals surface area contributed by atoms with Gasteiger partial charge in [-0.25, -0.2) is 18.6 Å². The van der Waals surface area contributed by atoms with Crippen molar-refractivity contribution in [2.45, 2.75) is 58.2 Å². The van der Waals surface area contributed by atoms with E-state index in [4.69, 9.17) is 21.1 Å². The van der Waals surface area contributed by atoms with Crippen LogP contribution in [0.15, 0.2) is 54.6 Å². The summed E-state index contributed by atoms with van der Waals surface area (Å²) in [5, 5.41) is 20.9. The standard InChI is InChI=1S/C23H24F2N2O6.C6H5Cl.C2H6/c1-12-3-4-13(18(26-12)22(30)31)11-27-20(29)15-9-14(10-16(24)17(15)21(27)32-2)19(28)23(25)5-7-33-8-6-23;7-6-4-2-1-3-5-6;1-2/h3-4,9-10,19,21,28H,5-8,11H2,1-2H3,(H,30,31);1-5H;1-2H3. The molecule has 2 aliphatic heterocycles. The highest BCUT2D eigenvalue weighted by Crippen LogP contribution is 2.42. The SMILES string of the molecule is CC.COC1c2c(F)cc(C(O)C3(F)CCOCC3)cc2C(=O)N1Cc1ccc(C)nc1C(=O)O.Clc1ccccc1. The van der Waals surface area contributed by atoms with E-state index in [0.29, 0.717) is 5.69 Å². The Hall–Kier alpha value is -3.44. The fourth-order valence-electron chi connectivity index (χ4n) is 4.82. The number of amides is 1. The Morgan fingerprint density at radius 1 is 1.19 bits per heavy atom. The first-order chi connectivity index (χ1) is 20.1. The Morgan fingerprint density at radius 3 is 2.38 bits per heavy atom. The third-order valence-corrected chi connectivity index (χ3v) is 7.17. The molecule has 0 saturated carbocycles. The second kappa shape index (κ2) is 14.6. The van der Waals surface area contributed by atoms with Crippen LogP contribution in [-0.2, 0) is 16.0 Å². The van der Waals surface area contributed by atoms with Crippen molar-refractivity contribution < 1.29 is 38.1 Å². The molecule has 2 unspecified atom stereocenters. The van der Waals surface area contributed by atoms with Crippen LogP contribution in [0, 0.1) is 12.7 Å². The Kier molecular flexibility index (Phi) is 11.5. The number of benzene rings is 2. The molecule has 0 radical (unpaired) electrons. The van der Waals surface area contributed by atoms with Gasteiger partial charge in [-0.1, -0.05) is 49.7 Å². The van der Waals surface area contributed by atoms with E-state index in [1.807, 2.05) is 44.2 Å². The zero-order chi connectivity index (χ0) is 31.0. The lowest BCUT2D eigenvalue weighted by Gasteiger charge is -2.34. The molecule has 1 fully saturated rings. The number of aliphatic hydroxyl groups is 1. The molecule has 3 heterocycles. The lowest BCUT2D eigenvalue weighted by molar-refractivity contribution is -0.0832. The first-order valence-electron chi connectivity index (χ1n) is 13.6. The maximum Gasteiger partial charge on any atom is 0.354 e. The molecule has 11 heteroatoms. The van der Waals surface area contributed by atoms with Crippen molar-refractivity contribution in [3.63, 3.8) is 0 Å². The van der Waals surface area contributed by atoms with Crippen LogP contribution in [0.2, 0.25) is 5.02 Å². The van der Waals surface area contributed by atoms with Crippen LogP contribution in [0.4, 0.5) is 8.78 Å². The van der Waals surface area contributed by atoms with Gasteiger partial charge in [-0.05, 0) is 42.8 Å². The Balaban J connectivity index is 0.000000465. The van der Waals surface area contributed by atoms with Gasteiger partial charge in [0.15, 0.2) is 11.9 Å². The second-order valence-corrected chi connectivity index (χ2v) is 10.0. The van der Waals surface area contributed by atoms with Gasteiger partial charge in [0.05, 0.1) is 12.1 Å². The Labute approximate surface area is 248 Å². The molecular formula is C31H35ClF2N2O6. The number of pyridine rings is 1. The first kappa shape index (κ1) is 33.1. The number of rotatable bonds is 6. The molecule has 2 aliphatic rings. The largest absolute Gasteiger partial charge is 0.477 e. The Bertz CT molecular complexity index is 1390. The monoisotopic (exact) mass is 604 g/mol. The summed E-state index contributed by atoms with van der Waals surface area (Å²) in [5.41, 5.74) is -1.63. The van der Waals surface area contributed by atoms with Crippen LogP contribution in [0.3, 0.4) is 0 Å². The summed E-state index contributed by atoms with van der Waals surface area (Å²) in [5.74, 6) is -2.70. The molecule has 3 aromatic rings. The van der Waals surface area contributed by atoms with Crippen molar-refractivity contribution in [3.05, 3.63) is 99.1 Å². The van der Waals surface area contributed by atoms with Crippen LogP contribution in [0.25, 0.3) is 0 Å². The van der Waals surface area contributed by atoms with Crippen LogP contribution < -0.4 is 0 Å². The highest BCUT2D eigenvalue weighted by Gasteiger charge is 2.44. The second-order valence-electron chi connectivity index (χ2n) is 9.60. The van der Waals surface area contributed by atoms with Gasteiger partial charge in [0.1, 0.15) is 17.6 Å². The summed E-state index contributed by atoms with van der Waals surface area (Å²) in [4.78, 5) is 30.0. The highest BCUT2D eigenvalue weighted by atomic mass is 35.5. The molecule has 2 N–H and O–H groups in total. The third-order valence-electron chi connectivity index (χ3n) is 6.92. The van der Waals surface area contributed by atoms with Crippen molar-refractivity contribution in [2.75, 3.05) is 20.3 Å². The number of aromatic carboxylic acids is 1. The van der Waals surface area contributed by atoms with E-state index in [0.717, 1.165) is 11.1 Å². The quantitative estimate of drug-likeness (QED) is 0.333. The summed E-state index contributed by atoms with van der Waals surface area (Å²) < 4.78 is 40.9. The molecule has 1 aromatic heterocycles. The van der Waals surface area contributed by atoms with Crippen LogP contribution in [0.1, 0.15) is 82.3 Å². The molecule has 0 spiro atoms. The van der Waals surface area contributed by atoms with E-state index in [1.54, 1.807) is 13.0 Å². The van der Waals surface area contributed by atoms with Crippen molar-refractivity contribution in [1.29, 1.82) is 0 Å². The van der Waals surface area contributed by atoms with Crippen molar-refractivity contribution in [1.82, 2.24) is 9.88 Å². The number of carbonyl (C=O) groups excluding carboxylic acids is 1. The summed E-state index contributed by atoms with van der Waals surface area (Å²) in [6.45, 7) is 5.72. The number of halogens is 3. The number of aromatic nitrogens is 1. The van der Waals surface area contributed by atoms with Gasteiger partial charge in [-0.3, -0.25) is 4.79 Å². The minimum atomic E-state index is -2.00. The fraction of sp³-hybridized carbons (Fsp3) is 0.387. The lowest BCUT2D eigenvalue weighted by atomic mass is 9.85. The molecule has 0 bridgehead atoms. The molecule has 1 amide bonds. The zero-order valence-corrected chi connectivity index (χ0v) is 24.7. The normalized spacial score (nSPS) is 17.8. The number of fused-ring (bicyclic) bond motifs is 1. The minimum absolute atomic E-state index is 0.0460. The van der Waals surface area contributed by atoms with E-state index in [2.05, 4.69) is 4.98 Å². The molecule has 42 heavy (non-hydrogen) atoms. The van der Waals surface area contributed by atoms with E-state index in [1.165, 1.54) is 24.1 Å². The number of methoxy groups -OCH3 is 1. The van der Waals surface area contributed by atoms with Gasteiger partial charge < -0.3 is 24.6 Å². The molecule has 2 atom stereocenters. The van der Waals surface area contributed by atoms with Gasteiger partial charge in [0, 0.05) is 55.0 Å². The lowest BCUT2D eigenvalue weighted by Crippen LogP contribution is -2.38. The van der Waals surface area contributed by atoms with Crippen molar-refractivity contribution >= 4 is 23.5 Å². The number of alkyl halides is 1. The van der Waals surface area contributed by atoms with Gasteiger partial charge >= 0.3 is 5.97 Å². The maximum absolute atomic E-state index is 15.3. The van der Waals surface area contributed by atoms with Gasteiger partial charge in [-0.15, -0.1) is 0 Å².